The summed E-state index contributed by atoms with van der Waals surface area (Å²) in [5.41, 5.74) is 0.929. The van der Waals surface area contributed by atoms with Gasteiger partial charge in [-0.1, -0.05) is 34.1 Å². The first-order chi connectivity index (χ1) is 5.74. The minimum atomic E-state index is -0.421. The number of rotatable bonds is 3. The summed E-state index contributed by atoms with van der Waals surface area (Å²) < 4.78 is 1.03. The van der Waals surface area contributed by atoms with Crippen LogP contribution >= 0.6 is 15.9 Å². The molecule has 0 saturated heterocycles. The van der Waals surface area contributed by atoms with E-state index in [2.05, 4.69) is 22.5 Å². The van der Waals surface area contributed by atoms with Gasteiger partial charge in [0.15, 0.2) is 0 Å². The second-order valence-electron chi connectivity index (χ2n) is 2.59. The molecule has 2 heteroatoms. The minimum Gasteiger partial charge on any atom is -0.388 e. The molecule has 0 aliphatic carbocycles. The molecule has 12 heavy (non-hydrogen) atoms. The van der Waals surface area contributed by atoms with Crippen LogP contribution in [0, 0.1) is 0 Å². The highest BCUT2D eigenvalue weighted by Crippen LogP contribution is 2.19. The molecule has 1 atom stereocenters. The zero-order valence-electron chi connectivity index (χ0n) is 6.70. The Morgan fingerprint density at radius 3 is 2.50 bits per heavy atom. The molecule has 1 aromatic carbocycles. The number of hydrogen-bond acceptors (Lipinski definition) is 1. The van der Waals surface area contributed by atoms with E-state index in [1.807, 2.05) is 24.3 Å². The Morgan fingerprint density at radius 2 is 2.00 bits per heavy atom. The smallest absolute Gasteiger partial charge is 0.0824 e. The van der Waals surface area contributed by atoms with Gasteiger partial charge in [0.2, 0.25) is 0 Å². The topological polar surface area (TPSA) is 20.2 Å². The lowest BCUT2D eigenvalue weighted by Crippen LogP contribution is -1.94. The van der Waals surface area contributed by atoms with Crippen molar-refractivity contribution in [3.05, 3.63) is 47.0 Å². The molecule has 1 N–H and O–H groups in total. The molecule has 0 radical (unpaired) electrons. The van der Waals surface area contributed by atoms with Crippen LogP contribution in [0.3, 0.4) is 0 Å². The van der Waals surface area contributed by atoms with Crippen molar-refractivity contribution < 1.29 is 5.11 Å². The first-order valence-corrected chi connectivity index (χ1v) is 4.57. The second-order valence-corrected chi connectivity index (χ2v) is 3.51. The Kier molecular flexibility index (Phi) is 3.50. The van der Waals surface area contributed by atoms with Gasteiger partial charge in [0.05, 0.1) is 6.10 Å². The van der Waals surface area contributed by atoms with E-state index >= 15 is 0 Å². The van der Waals surface area contributed by atoms with Gasteiger partial charge in [-0.25, -0.2) is 0 Å². The zero-order chi connectivity index (χ0) is 8.97. The Balaban J connectivity index is 2.74. The van der Waals surface area contributed by atoms with Gasteiger partial charge in [-0.15, -0.1) is 6.58 Å². The first kappa shape index (κ1) is 9.49. The summed E-state index contributed by atoms with van der Waals surface area (Å²) in [7, 11) is 0. The van der Waals surface area contributed by atoms with Crippen LogP contribution in [0.25, 0.3) is 0 Å². The first-order valence-electron chi connectivity index (χ1n) is 3.78. The lowest BCUT2D eigenvalue weighted by molar-refractivity contribution is 0.181. The predicted octanol–water partition coefficient (Wildman–Crippen LogP) is 3.06. The molecule has 0 aliphatic heterocycles. The summed E-state index contributed by atoms with van der Waals surface area (Å²) in [6, 6.07) is 7.64. The van der Waals surface area contributed by atoms with Gasteiger partial charge < -0.3 is 5.11 Å². The molecule has 0 bridgehead atoms. The fourth-order valence-electron chi connectivity index (χ4n) is 0.979. The van der Waals surface area contributed by atoms with Crippen LogP contribution in [0.15, 0.2) is 41.4 Å². The van der Waals surface area contributed by atoms with Gasteiger partial charge in [0, 0.05) is 4.47 Å². The maximum absolute atomic E-state index is 9.52. The quantitative estimate of drug-likeness (QED) is 0.786. The van der Waals surface area contributed by atoms with Gasteiger partial charge in [-0.05, 0) is 24.1 Å². The lowest BCUT2D eigenvalue weighted by Gasteiger charge is -2.07. The third kappa shape index (κ3) is 2.47. The number of aliphatic hydroxyl groups is 1. The van der Waals surface area contributed by atoms with Crippen molar-refractivity contribution in [3.8, 4) is 0 Å². The minimum absolute atomic E-state index is 0.421. The molecular formula is C10H11BrO. The van der Waals surface area contributed by atoms with Crippen LogP contribution in [0.1, 0.15) is 18.1 Å². The summed E-state index contributed by atoms with van der Waals surface area (Å²) in [4.78, 5) is 0. The maximum Gasteiger partial charge on any atom is 0.0824 e. The third-order valence-corrected chi connectivity index (χ3v) is 2.17. The summed E-state index contributed by atoms with van der Waals surface area (Å²) in [5.74, 6) is 0. The van der Waals surface area contributed by atoms with Crippen LogP contribution in [0.2, 0.25) is 0 Å². The highest BCUT2D eigenvalue weighted by molar-refractivity contribution is 9.10. The molecule has 1 nitrogen and oxygen atoms in total. The van der Waals surface area contributed by atoms with Gasteiger partial charge in [-0.2, -0.15) is 0 Å². The highest BCUT2D eigenvalue weighted by atomic mass is 79.9. The number of halogens is 1. The summed E-state index contributed by atoms with van der Waals surface area (Å²) in [5, 5.41) is 9.52. The van der Waals surface area contributed by atoms with E-state index in [9.17, 15) is 5.11 Å². The lowest BCUT2D eigenvalue weighted by atomic mass is 10.1. The molecule has 0 saturated carbocycles. The molecule has 1 rings (SSSR count). The van der Waals surface area contributed by atoms with Gasteiger partial charge in [0.1, 0.15) is 0 Å². The Hall–Kier alpha value is -0.600. The Morgan fingerprint density at radius 1 is 1.42 bits per heavy atom. The van der Waals surface area contributed by atoms with E-state index in [1.54, 1.807) is 6.08 Å². The third-order valence-electron chi connectivity index (χ3n) is 1.64. The van der Waals surface area contributed by atoms with E-state index in [4.69, 9.17) is 0 Å². The van der Waals surface area contributed by atoms with Gasteiger partial charge in [-0.3, -0.25) is 0 Å². The fraction of sp³-hybridized carbons (Fsp3) is 0.200. The highest BCUT2D eigenvalue weighted by Gasteiger charge is 2.03. The number of benzene rings is 1. The molecule has 0 unspecified atom stereocenters. The van der Waals surface area contributed by atoms with Crippen LogP contribution in [0.4, 0.5) is 0 Å². The van der Waals surface area contributed by atoms with Crippen molar-refractivity contribution >= 4 is 15.9 Å². The van der Waals surface area contributed by atoms with E-state index in [-0.39, 0.29) is 0 Å². The largest absolute Gasteiger partial charge is 0.388 e. The van der Waals surface area contributed by atoms with Crippen LogP contribution in [-0.2, 0) is 0 Å². The molecule has 0 heterocycles. The van der Waals surface area contributed by atoms with E-state index in [1.165, 1.54) is 0 Å². The molecule has 0 aliphatic rings. The molecule has 64 valence electrons. The van der Waals surface area contributed by atoms with Crippen LogP contribution < -0.4 is 0 Å². The standard InChI is InChI=1S/C10H11BrO/c1-2-3-10(12)8-4-6-9(11)7-5-8/h2,4-7,10,12H,1,3H2/t10-/m1/s1. The monoisotopic (exact) mass is 226 g/mol. The van der Waals surface area contributed by atoms with Crippen LogP contribution in [-0.4, -0.2) is 5.11 Å². The van der Waals surface area contributed by atoms with Crippen molar-refractivity contribution in [2.24, 2.45) is 0 Å². The van der Waals surface area contributed by atoms with Crippen molar-refractivity contribution in [2.45, 2.75) is 12.5 Å². The molecule has 0 amide bonds. The molecule has 0 fully saturated rings. The fourth-order valence-corrected chi connectivity index (χ4v) is 1.24. The molecule has 0 aromatic heterocycles. The van der Waals surface area contributed by atoms with Crippen molar-refractivity contribution in [3.63, 3.8) is 0 Å². The molecule has 1 aromatic rings. The van der Waals surface area contributed by atoms with E-state index in [0.29, 0.717) is 6.42 Å². The predicted molar refractivity (Wildman–Crippen MR) is 53.9 cm³/mol. The maximum atomic E-state index is 9.52. The van der Waals surface area contributed by atoms with Gasteiger partial charge >= 0.3 is 0 Å². The average molecular weight is 227 g/mol. The van der Waals surface area contributed by atoms with Crippen molar-refractivity contribution in [2.75, 3.05) is 0 Å². The average Bonchev–Trinajstić information content (AvgIpc) is 2.06. The Labute approximate surface area is 80.9 Å². The van der Waals surface area contributed by atoms with Crippen LogP contribution in [0.5, 0.6) is 0 Å². The zero-order valence-corrected chi connectivity index (χ0v) is 8.29. The second kappa shape index (κ2) is 4.43. The van der Waals surface area contributed by atoms with Crippen molar-refractivity contribution in [1.82, 2.24) is 0 Å². The summed E-state index contributed by atoms with van der Waals surface area (Å²) in [6.07, 6.45) is 1.89. The molecule has 0 spiro atoms. The number of hydrogen-bond donors (Lipinski definition) is 1. The van der Waals surface area contributed by atoms with Crippen molar-refractivity contribution in [1.29, 1.82) is 0 Å². The SMILES string of the molecule is C=CC[C@@H](O)c1ccc(Br)cc1. The van der Waals surface area contributed by atoms with E-state index < -0.39 is 6.10 Å². The number of aliphatic hydroxyl groups excluding tert-OH is 1. The van der Waals surface area contributed by atoms with E-state index in [0.717, 1.165) is 10.0 Å². The van der Waals surface area contributed by atoms with Gasteiger partial charge in [0.25, 0.3) is 0 Å². The normalized spacial score (nSPS) is 12.5. The Bertz CT molecular complexity index is 253. The summed E-state index contributed by atoms with van der Waals surface area (Å²) in [6.45, 7) is 3.57. The summed E-state index contributed by atoms with van der Waals surface area (Å²) >= 11 is 3.33. The molecular weight excluding hydrogens is 216 g/mol.